The van der Waals surface area contributed by atoms with Crippen LogP contribution < -0.4 is 0 Å². The predicted molar refractivity (Wildman–Crippen MR) is 291 cm³/mol. The van der Waals surface area contributed by atoms with E-state index < -0.39 is 232 Å². The van der Waals surface area contributed by atoms with E-state index in [1.165, 1.54) is 0 Å². The Hall–Kier alpha value is -8.13. The molecule has 6 aromatic carbocycles. The quantitative estimate of drug-likeness (QED) is 0.0483. The number of hydrogen-bond acceptors (Lipinski definition) is 8. The van der Waals surface area contributed by atoms with Gasteiger partial charge in [-0.1, -0.05) is 108 Å². The Morgan fingerprint density at radius 1 is 0.259 bits per heavy atom. The fraction of sp³-hybridized carbons (Fsp3) is 0.250. The van der Waals surface area contributed by atoms with E-state index in [0.29, 0.717) is 0 Å². The minimum absolute atomic E-state index is 0. The zero-order valence-corrected chi connectivity index (χ0v) is 56.8. The van der Waals surface area contributed by atoms with E-state index in [9.17, 15) is 184 Å². The fourth-order valence-electron chi connectivity index (χ4n) is 6.31. The molecule has 0 aliphatic rings. The van der Waals surface area contributed by atoms with E-state index in [2.05, 4.69) is 20.6 Å². The molecule has 628 valence electrons. The first-order valence-electron chi connectivity index (χ1n) is 26.2. The molecule has 0 aliphatic heterocycles. The Balaban J connectivity index is 0. The Kier molecular flexibility index (Phi) is 36.7. The van der Waals surface area contributed by atoms with Gasteiger partial charge in [-0.3, -0.25) is 0 Å². The number of rotatable bonds is 8. The van der Waals surface area contributed by atoms with Crippen molar-refractivity contribution in [2.75, 3.05) is 0 Å². The zero-order chi connectivity index (χ0) is 86.5. The second-order valence-electron chi connectivity index (χ2n) is 19.4. The molecule has 0 amide bonds. The maximum atomic E-state index is 13.5. The zero-order valence-electron chi connectivity index (χ0n) is 51.6. The van der Waals surface area contributed by atoms with Crippen LogP contribution in [0.5, 0.6) is 0 Å². The molecule has 0 atom stereocenters. The normalized spacial score (nSPS) is 13.8. The van der Waals surface area contributed by atoms with Gasteiger partial charge in [0.15, 0.2) is 20.2 Å². The van der Waals surface area contributed by atoms with Crippen molar-refractivity contribution in [1.82, 2.24) is 0 Å². The number of nitrogens with zero attached hydrogens (tertiary/aromatic N) is 4. The standard InChI is InChI=1S/2C21H7F18N2.2C6H6.2CHF3O3S.2Ru/c2*22-16(23,24)8-1-9(17(25,26)27)4-12(3-8)40-14(20(34,35)36)7-15(21(37,38)39)41-13-5-10(18(28,29)30)2-11(6-13)19(31,32)33;2*1-2-4-6-5-3-1;2*2-1(3,4)8(5,6)7;;/h2*1-7H;2*1-6H;2*(H,5,6,7);;/q2*-1;;;;;2*+2/p-2/b2*14-7-,41-15?;;;;;;. The molecule has 0 spiro atoms. The summed E-state index contributed by atoms with van der Waals surface area (Å²) < 4.78 is 591. The first kappa shape index (κ1) is 106. The van der Waals surface area contributed by atoms with E-state index in [0.717, 1.165) is 0 Å². The van der Waals surface area contributed by atoms with Gasteiger partial charge in [0.1, 0.15) is 11.4 Å². The maximum absolute atomic E-state index is 13.5. The molecule has 0 aromatic heterocycles. The van der Waals surface area contributed by atoms with E-state index in [1.807, 2.05) is 72.8 Å². The molecule has 0 radical (unpaired) electrons. The van der Waals surface area contributed by atoms with Crippen molar-refractivity contribution >= 4 is 54.4 Å². The maximum Gasteiger partial charge on any atom is 2.00 e. The van der Waals surface area contributed by atoms with Crippen LogP contribution in [-0.4, -0.2) is 73.1 Å². The van der Waals surface area contributed by atoms with E-state index in [-0.39, 0.29) is 87.5 Å². The molecule has 0 saturated carbocycles. The summed E-state index contributed by atoms with van der Waals surface area (Å²) in [6.45, 7) is 0. The van der Waals surface area contributed by atoms with Crippen LogP contribution in [0, 0.1) is 0 Å². The summed E-state index contributed by atoms with van der Waals surface area (Å²) in [5.41, 5.74) is -47.6. The average Bonchev–Trinajstić information content (AvgIpc) is 0.805. The van der Waals surface area contributed by atoms with Gasteiger partial charge < -0.3 is 19.7 Å². The van der Waals surface area contributed by atoms with E-state index >= 15 is 0 Å². The molecule has 10 nitrogen and oxygen atoms in total. The summed E-state index contributed by atoms with van der Waals surface area (Å²) in [5.74, 6) is 0. The third-order valence-corrected chi connectivity index (χ3v) is 12.0. The van der Waals surface area contributed by atoms with E-state index in [1.54, 1.807) is 0 Å². The first-order valence-corrected chi connectivity index (χ1v) is 29.0. The SMILES string of the molecule is FC(F)(F)C(/C=C(\[N-]c1cc(C(F)(F)F)cc(C(F)(F)F)c1)C(F)(F)F)=Nc1cc(C(F)(F)F)cc(C(F)(F)F)c1.FC(F)(F)C(/C=C(\[N-]c1cc(C(F)(F)F)cc(C(F)(F)F)c1)C(F)(F)F)=Nc1cc(C(F)(F)F)cc(C(F)(F)F)c1.O=S(=O)([O-])C(F)(F)F.O=S(=O)([O-])C(F)(F)F.[Ru+2].[Ru+2].c1ccccc1.c1ccccc1. The Morgan fingerprint density at radius 2 is 0.402 bits per heavy atom. The van der Waals surface area contributed by atoms with Crippen LogP contribution in [0.3, 0.4) is 0 Å². The van der Waals surface area contributed by atoms with Crippen molar-refractivity contribution in [3.05, 3.63) is 224 Å². The molecule has 6 aromatic rings. The van der Waals surface area contributed by atoms with Crippen LogP contribution in [0.15, 0.2) is 179 Å². The summed E-state index contributed by atoms with van der Waals surface area (Å²) in [6, 6.07) is 18.8. The van der Waals surface area contributed by atoms with Crippen molar-refractivity contribution in [1.29, 1.82) is 0 Å². The molecule has 0 saturated heterocycles. The number of halogens is 42. The summed E-state index contributed by atoms with van der Waals surface area (Å²) >= 11 is 0. The number of hydrogen-bond donors (Lipinski definition) is 0. The molecule has 0 aliphatic carbocycles. The summed E-state index contributed by atoms with van der Waals surface area (Å²) in [6.07, 6.45) is -71.4. The Morgan fingerprint density at radius 3 is 0.518 bits per heavy atom. The number of allylic oxidation sites excluding steroid dienone is 4. The minimum Gasteiger partial charge on any atom is -0.741 e. The smallest absolute Gasteiger partial charge is 0.741 e. The van der Waals surface area contributed by atoms with Gasteiger partial charge in [0, 0.05) is 0 Å². The van der Waals surface area contributed by atoms with Crippen molar-refractivity contribution in [3.63, 3.8) is 0 Å². The van der Waals surface area contributed by atoms with Gasteiger partial charge in [0.05, 0.1) is 55.9 Å². The number of alkyl halides is 42. The van der Waals surface area contributed by atoms with Gasteiger partial charge in [-0.25, -0.2) is 26.8 Å². The largest absolute Gasteiger partial charge is 2.00 e. The van der Waals surface area contributed by atoms with Gasteiger partial charge in [-0.15, -0.1) is 11.4 Å². The third-order valence-electron chi connectivity index (χ3n) is 10.9. The van der Waals surface area contributed by atoms with Gasteiger partial charge in [0.2, 0.25) is 0 Å². The molecular weight excluding hydrogens is 1890 g/mol. The Bertz CT molecular complexity index is 3910. The monoisotopic (exact) mass is 1920 g/mol. The van der Waals surface area contributed by atoms with Crippen LogP contribution in [0.25, 0.3) is 10.6 Å². The molecule has 0 heterocycles. The minimum atomic E-state index is -6.09. The summed E-state index contributed by atoms with van der Waals surface area (Å²) in [5, 5.41) is 4.76. The average molecular weight is 1920 g/mol. The van der Waals surface area contributed by atoms with Crippen molar-refractivity contribution in [3.8, 4) is 0 Å². The summed E-state index contributed by atoms with van der Waals surface area (Å²) in [4.78, 5) is 4.76. The van der Waals surface area contributed by atoms with Crippen LogP contribution >= 0.6 is 0 Å². The van der Waals surface area contributed by atoms with Crippen LogP contribution in [0.4, 0.5) is 207 Å². The van der Waals surface area contributed by atoms with Crippen molar-refractivity contribution in [2.45, 2.75) is 85.1 Å². The van der Waals surface area contributed by atoms with Crippen LogP contribution in [0.1, 0.15) is 44.5 Å². The number of benzene rings is 6. The van der Waals surface area contributed by atoms with Crippen LogP contribution in [0.2, 0.25) is 0 Å². The third kappa shape index (κ3) is 37.7. The van der Waals surface area contributed by atoms with Crippen LogP contribution in [-0.2, 0) is 109 Å². The Labute approximate surface area is 621 Å². The van der Waals surface area contributed by atoms with Crippen molar-refractivity contribution in [2.24, 2.45) is 9.98 Å². The van der Waals surface area contributed by atoms with E-state index in [4.69, 9.17) is 25.9 Å². The molecule has 6 rings (SSSR count). The van der Waals surface area contributed by atoms with Gasteiger partial charge >= 0.3 is 124 Å². The number of aliphatic imine (C=N–C) groups is 2. The van der Waals surface area contributed by atoms with Gasteiger partial charge in [-0.2, -0.15) is 184 Å². The summed E-state index contributed by atoms with van der Waals surface area (Å²) in [7, 11) is -12.2. The topological polar surface area (TPSA) is 167 Å². The predicted octanol–water partition coefficient (Wildman–Crippen LogP) is 24.6. The van der Waals surface area contributed by atoms with Gasteiger partial charge in [0.25, 0.3) is 0 Å². The van der Waals surface area contributed by atoms with Crippen molar-refractivity contribution < 1.29 is 249 Å². The second kappa shape index (κ2) is 38.8. The first-order chi connectivity index (χ1) is 48.7. The van der Waals surface area contributed by atoms with Gasteiger partial charge in [-0.05, 0) is 60.7 Å². The second-order valence-corrected chi connectivity index (χ2v) is 22.2. The molecule has 0 N–H and O–H groups in total. The molecule has 0 unspecified atom stereocenters. The molecular formula is C56H26F42N4O6Ru2S2. The molecule has 56 heteroatoms. The molecule has 112 heavy (non-hydrogen) atoms. The fourth-order valence-corrected chi connectivity index (χ4v) is 6.31. The molecule has 0 bridgehead atoms. The molecule has 0 fully saturated rings.